The van der Waals surface area contributed by atoms with Crippen LogP contribution in [-0.4, -0.2) is 16.0 Å². The van der Waals surface area contributed by atoms with E-state index < -0.39 is 0 Å². The van der Waals surface area contributed by atoms with Crippen LogP contribution in [0.1, 0.15) is 182 Å². The molecule has 196 valence electrons. The molecular formula is C30H63BrO. The largest absolute Gasteiger partial charge is 0.393 e. The third-order valence-electron chi connectivity index (χ3n) is 6.43. The maximum Gasteiger partial charge on any atom is 0.0512 e. The summed E-state index contributed by atoms with van der Waals surface area (Å²) in [5, 5.41) is 9.10. The average molecular weight is 520 g/mol. The minimum Gasteiger partial charge on any atom is -0.393 e. The lowest BCUT2D eigenvalue weighted by Gasteiger charge is -2.04. The second-order valence-corrected chi connectivity index (χ2v) is 11.8. The van der Waals surface area contributed by atoms with Crippen LogP contribution >= 0.6 is 15.9 Å². The van der Waals surface area contributed by atoms with E-state index >= 15 is 0 Å². The molecule has 0 bridgehead atoms. The fourth-order valence-corrected chi connectivity index (χ4v) is 4.52. The van der Waals surface area contributed by atoms with Crippen molar-refractivity contribution in [3.8, 4) is 0 Å². The predicted molar refractivity (Wildman–Crippen MR) is 152 cm³/mol. The molecule has 1 nitrogen and oxygen atoms in total. The average Bonchev–Trinajstić information content (AvgIpc) is 2.76. The second-order valence-electron chi connectivity index (χ2n) is 10.3. The van der Waals surface area contributed by atoms with Gasteiger partial charge >= 0.3 is 0 Å². The number of hydrogen-bond acceptors (Lipinski definition) is 1. The summed E-state index contributed by atoms with van der Waals surface area (Å²) < 4.78 is 0. The quantitative estimate of drug-likeness (QED) is 0.0993. The van der Waals surface area contributed by atoms with Gasteiger partial charge in [0.25, 0.3) is 0 Å². The number of unbranched alkanes of at least 4 members (excludes halogenated alkanes) is 20. The molecule has 2 unspecified atom stereocenters. The van der Waals surface area contributed by atoms with Crippen LogP contribution in [0.15, 0.2) is 0 Å². The van der Waals surface area contributed by atoms with E-state index in [2.05, 4.69) is 36.7 Å². The summed E-state index contributed by atoms with van der Waals surface area (Å²) in [6.45, 7) is 8.69. The molecule has 2 heteroatoms. The molecule has 0 heterocycles. The summed E-state index contributed by atoms with van der Waals surface area (Å²) in [6.07, 6.45) is 33.3. The summed E-state index contributed by atoms with van der Waals surface area (Å²) in [5.74, 6) is 0. The van der Waals surface area contributed by atoms with Gasteiger partial charge in [-0.15, -0.1) is 0 Å². The van der Waals surface area contributed by atoms with E-state index in [1.54, 1.807) is 0 Å². The molecule has 1 N–H and O–H groups in total. The van der Waals surface area contributed by atoms with Crippen LogP contribution in [0.2, 0.25) is 0 Å². The van der Waals surface area contributed by atoms with Crippen molar-refractivity contribution in [2.45, 2.75) is 193 Å². The molecule has 0 aromatic heterocycles. The highest BCUT2D eigenvalue weighted by molar-refractivity contribution is 9.09. The molecule has 0 fully saturated rings. The van der Waals surface area contributed by atoms with E-state index in [1.165, 1.54) is 148 Å². The summed E-state index contributed by atoms with van der Waals surface area (Å²) >= 11 is 3.60. The van der Waals surface area contributed by atoms with Gasteiger partial charge in [0.05, 0.1) is 6.10 Å². The molecule has 0 rings (SSSR count). The summed E-state index contributed by atoms with van der Waals surface area (Å²) in [7, 11) is 0. The van der Waals surface area contributed by atoms with Crippen molar-refractivity contribution >= 4 is 15.9 Å². The second kappa shape index (κ2) is 31.4. The maximum atomic E-state index is 9.10. The molecule has 0 aromatic carbocycles. The van der Waals surface area contributed by atoms with E-state index in [0.29, 0.717) is 4.83 Å². The number of rotatable bonds is 24. The van der Waals surface area contributed by atoms with Crippen LogP contribution in [0, 0.1) is 0 Å². The zero-order chi connectivity index (χ0) is 24.1. The van der Waals surface area contributed by atoms with Gasteiger partial charge in [-0.05, 0) is 19.8 Å². The van der Waals surface area contributed by atoms with Gasteiger partial charge < -0.3 is 5.11 Å². The standard InChI is InChI=1S/C15H31Br.C15H32O/c2*1-3-4-5-6-7-8-9-10-11-12-13-14-15(2)16/h15H,3-14H2,1-2H3;15-16H,3-14H2,1-2H3. The Bertz CT molecular complexity index is 273. The third kappa shape index (κ3) is 37.7. The SMILES string of the molecule is CCCCCCCCCCCCCC(C)Br.CCCCCCCCCCCCCC(C)O. The molecule has 0 saturated carbocycles. The molecule has 0 aliphatic rings. The van der Waals surface area contributed by atoms with E-state index in [4.69, 9.17) is 5.11 Å². The summed E-state index contributed by atoms with van der Waals surface area (Å²) in [6, 6.07) is 0. The number of aliphatic hydroxyl groups excluding tert-OH is 1. The van der Waals surface area contributed by atoms with Gasteiger partial charge in [-0.25, -0.2) is 0 Å². The van der Waals surface area contributed by atoms with E-state index in [0.717, 1.165) is 6.42 Å². The molecule has 0 spiro atoms. The Morgan fingerprint density at radius 1 is 0.438 bits per heavy atom. The minimum absolute atomic E-state index is 0.0986. The first-order chi connectivity index (χ1) is 15.5. The number of halogens is 1. The molecule has 0 saturated heterocycles. The monoisotopic (exact) mass is 518 g/mol. The van der Waals surface area contributed by atoms with Crippen LogP contribution in [0.25, 0.3) is 0 Å². The normalized spacial score (nSPS) is 12.9. The zero-order valence-corrected chi connectivity index (χ0v) is 24.5. The third-order valence-corrected chi connectivity index (χ3v) is 6.89. The Kier molecular flexibility index (Phi) is 34.0. The van der Waals surface area contributed by atoms with Crippen LogP contribution in [0.4, 0.5) is 0 Å². The van der Waals surface area contributed by atoms with Crippen molar-refractivity contribution in [2.24, 2.45) is 0 Å². The molecule has 0 radical (unpaired) electrons. The topological polar surface area (TPSA) is 20.2 Å². The van der Waals surface area contributed by atoms with Crippen molar-refractivity contribution in [1.82, 2.24) is 0 Å². The molecule has 2 atom stereocenters. The van der Waals surface area contributed by atoms with Gasteiger partial charge in [-0.3, -0.25) is 0 Å². The highest BCUT2D eigenvalue weighted by Gasteiger charge is 1.97. The van der Waals surface area contributed by atoms with Gasteiger partial charge in [0.15, 0.2) is 0 Å². The lowest BCUT2D eigenvalue weighted by molar-refractivity contribution is 0.180. The fourth-order valence-electron chi connectivity index (χ4n) is 4.19. The van der Waals surface area contributed by atoms with E-state index in [9.17, 15) is 0 Å². The minimum atomic E-state index is -0.0986. The molecule has 0 amide bonds. The molecule has 0 aromatic rings. The van der Waals surface area contributed by atoms with Crippen LogP contribution in [0.3, 0.4) is 0 Å². The Labute approximate surface area is 213 Å². The van der Waals surface area contributed by atoms with Crippen LogP contribution in [0.5, 0.6) is 0 Å². The first-order valence-electron chi connectivity index (χ1n) is 14.9. The number of alkyl halides is 1. The van der Waals surface area contributed by atoms with Gasteiger partial charge in [-0.1, -0.05) is 178 Å². The highest BCUT2D eigenvalue weighted by Crippen LogP contribution is 2.14. The molecule has 0 aliphatic carbocycles. The molecular weight excluding hydrogens is 456 g/mol. The lowest BCUT2D eigenvalue weighted by atomic mass is 10.0. The predicted octanol–water partition coefficient (Wildman–Crippen LogP) is 11.5. The van der Waals surface area contributed by atoms with E-state index in [1.807, 2.05) is 6.92 Å². The Morgan fingerprint density at radius 3 is 0.938 bits per heavy atom. The fraction of sp³-hybridized carbons (Fsp3) is 1.00. The van der Waals surface area contributed by atoms with Crippen molar-refractivity contribution in [2.75, 3.05) is 0 Å². The van der Waals surface area contributed by atoms with Crippen molar-refractivity contribution in [1.29, 1.82) is 0 Å². The Morgan fingerprint density at radius 2 is 0.688 bits per heavy atom. The summed E-state index contributed by atoms with van der Waals surface area (Å²) in [5.41, 5.74) is 0. The van der Waals surface area contributed by atoms with Crippen LogP contribution in [-0.2, 0) is 0 Å². The van der Waals surface area contributed by atoms with Gasteiger partial charge in [0.1, 0.15) is 0 Å². The number of aliphatic hydroxyl groups is 1. The van der Waals surface area contributed by atoms with Gasteiger partial charge in [0.2, 0.25) is 0 Å². The van der Waals surface area contributed by atoms with Crippen molar-refractivity contribution in [3.63, 3.8) is 0 Å². The Balaban J connectivity index is 0. The first-order valence-corrected chi connectivity index (χ1v) is 15.8. The van der Waals surface area contributed by atoms with E-state index in [-0.39, 0.29) is 6.10 Å². The Hall–Kier alpha value is 0.440. The van der Waals surface area contributed by atoms with Gasteiger partial charge in [-0.2, -0.15) is 0 Å². The summed E-state index contributed by atoms with van der Waals surface area (Å²) in [4.78, 5) is 0.714. The zero-order valence-electron chi connectivity index (χ0n) is 23.0. The molecule has 32 heavy (non-hydrogen) atoms. The maximum absolute atomic E-state index is 9.10. The number of hydrogen-bond donors (Lipinski definition) is 1. The highest BCUT2D eigenvalue weighted by atomic mass is 79.9. The lowest BCUT2D eigenvalue weighted by Crippen LogP contribution is -1.98. The smallest absolute Gasteiger partial charge is 0.0512 e. The first kappa shape index (κ1) is 34.6. The van der Waals surface area contributed by atoms with Crippen LogP contribution < -0.4 is 0 Å². The molecule has 0 aliphatic heterocycles. The van der Waals surface area contributed by atoms with Crippen molar-refractivity contribution in [3.05, 3.63) is 0 Å². The van der Waals surface area contributed by atoms with Crippen molar-refractivity contribution < 1.29 is 5.11 Å². The van der Waals surface area contributed by atoms with Gasteiger partial charge in [0, 0.05) is 4.83 Å².